The lowest BCUT2D eigenvalue weighted by Crippen LogP contribution is -2.42. The van der Waals surface area contributed by atoms with Crippen LogP contribution >= 0.6 is 0 Å². The van der Waals surface area contributed by atoms with E-state index in [9.17, 15) is 14.0 Å². The highest BCUT2D eigenvalue weighted by atomic mass is 19.1. The normalized spacial score (nSPS) is 25.2. The molecule has 1 aliphatic carbocycles. The van der Waals surface area contributed by atoms with E-state index < -0.39 is 24.2 Å². The first kappa shape index (κ1) is 24.1. The zero-order valence-electron chi connectivity index (χ0n) is 20.3. The first-order valence-electron chi connectivity index (χ1n) is 12.4. The summed E-state index contributed by atoms with van der Waals surface area (Å²) in [5.41, 5.74) is 2.13. The molecule has 188 valence electrons. The predicted molar refractivity (Wildman–Crippen MR) is 132 cm³/mol. The number of rotatable bonds is 8. The van der Waals surface area contributed by atoms with Gasteiger partial charge < -0.3 is 19.1 Å². The van der Waals surface area contributed by atoms with Crippen LogP contribution in [0.5, 0.6) is 11.5 Å². The van der Waals surface area contributed by atoms with Crippen molar-refractivity contribution in [1.29, 1.82) is 0 Å². The Hall–Kier alpha value is -3.61. The second kappa shape index (κ2) is 10.2. The monoisotopic (exact) mass is 491 g/mol. The molecule has 7 heteroatoms. The summed E-state index contributed by atoms with van der Waals surface area (Å²) in [6.07, 6.45) is 1.68. The van der Waals surface area contributed by atoms with Crippen LogP contribution in [0.4, 0.5) is 4.39 Å². The van der Waals surface area contributed by atoms with E-state index in [4.69, 9.17) is 14.2 Å². The summed E-state index contributed by atoms with van der Waals surface area (Å²) < 4.78 is 31.3. The van der Waals surface area contributed by atoms with Gasteiger partial charge in [0.2, 0.25) is 0 Å². The van der Waals surface area contributed by atoms with Gasteiger partial charge in [-0.2, -0.15) is 0 Å². The maximum absolute atomic E-state index is 14.2. The number of nitrogens with zero attached hydrogens (tertiary/aromatic N) is 1. The first-order chi connectivity index (χ1) is 17.5. The van der Waals surface area contributed by atoms with Crippen molar-refractivity contribution in [3.05, 3.63) is 83.6 Å². The Morgan fingerprint density at radius 2 is 1.94 bits per heavy atom. The summed E-state index contributed by atoms with van der Waals surface area (Å²) in [5.74, 6) is 0.462. The molecule has 0 saturated heterocycles. The van der Waals surface area contributed by atoms with Crippen molar-refractivity contribution in [2.24, 2.45) is 5.92 Å². The number of Topliss-reactive ketones (excluding diaryl/α,β-unsaturated/α-hetero) is 1. The Kier molecular flexibility index (Phi) is 6.81. The van der Waals surface area contributed by atoms with Gasteiger partial charge in [-0.3, -0.25) is 9.59 Å². The smallest absolute Gasteiger partial charge is 0.290 e. The average Bonchev–Trinajstić information content (AvgIpc) is 3.18. The highest BCUT2D eigenvalue weighted by molar-refractivity contribution is 6.11. The second-order valence-corrected chi connectivity index (χ2v) is 9.45. The number of carbonyl (C=O) groups excluding carboxylic acids is 2. The van der Waals surface area contributed by atoms with Crippen LogP contribution in [0.15, 0.2) is 72.5 Å². The standard InChI is InChI=1S/C29H30FNO5/c1-3-15-35-22-6-4-5-19(16-22)26-25-27(32)23-17-20(30)9-12-24(23)36-28(25)29(33)31(26)14-13-18-7-10-21(34-2)11-8-18/h3-8,10-11,16,20,23-24,26H,1,9,12-15,17H2,2H3. The lowest BCUT2D eigenvalue weighted by Gasteiger charge is -2.36. The number of halogens is 1. The van der Waals surface area contributed by atoms with E-state index in [0.717, 1.165) is 16.9 Å². The highest BCUT2D eigenvalue weighted by Gasteiger charge is 2.52. The van der Waals surface area contributed by atoms with Gasteiger partial charge in [0.1, 0.15) is 30.4 Å². The van der Waals surface area contributed by atoms with Crippen molar-refractivity contribution < 1.29 is 28.2 Å². The fourth-order valence-electron chi connectivity index (χ4n) is 5.41. The zero-order chi connectivity index (χ0) is 25.2. The van der Waals surface area contributed by atoms with E-state index in [2.05, 4.69) is 6.58 Å². The van der Waals surface area contributed by atoms with Crippen molar-refractivity contribution >= 4 is 11.7 Å². The molecule has 36 heavy (non-hydrogen) atoms. The van der Waals surface area contributed by atoms with Gasteiger partial charge in [-0.25, -0.2) is 4.39 Å². The van der Waals surface area contributed by atoms with E-state index >= 15 is 0 Å². The van der Waals surface area contributed by atoms with Crippen LogP contribution in [0.1, 0.15) is 36.4 Å². The van der Waals surface area contributed by atoms with Crippen LogP contribution < -0.4 is 9.47 Å². The number of benzene rings is 2. The number of hydrogen-bond donors (Lipinski definition) is 0. The number of carbonyl (C=O) groups is 2. The molecule has 0 aromatic heterocycles. The van der Waals surface area contributed by atoms with Gasteiger partial charge >= 0.3 is 0 Å². The molecule has 2 heterocycles. The van der Waals surface area contributed by atoms with E-state index in [1.165, 1.54) is 0 Å². The fourth-order valence-corrected chi connectivity index (χ4v) is 5.41. The third-order valence-corrected chi connectivity index (χ3v) is 7.22. The minimum absolute atomic E-state index is 0.121. The summed E-state index contributed by atoms with van der Waals surface area (Å²) in [4.78, 5) is 29.1. The molecule has 4 atom stereocenters. The molecule has 1 amide bonds. The maximum Gasteiger partial charge on any atom is 0.290 e. The minimum atomic E-state index is -1.03. The Balaban J connectivity index is 1.49. The Morgan fingerprint density at radius 1 is 1.14 bits per heavy atom. The summed E-state index contributed by atoms with van der Waals surface area (Å²) in [7, 11) is 1.62. The average molecular weight is 492 g/mol. The number of fused-ring (bicyclic) bond motifs is 1. The lowest BCUT2D eigenvalue weighted by atomic mass is 9.77. The summed E-state index contributed by atoms with van der Waals surface area (Å²) in [6, 6.07) is 14.5. The van der Waals surface area contributed by atoms with Crippen LogP contribution in [0, 0.1) is 5.92 Å². The molecule has 3 aliphatic rings. The van der Waals surface area contributed by atoms with E-state index in [1.807, 2.05) is 48.5 Å². The number of amides is 1. The largest absolute Gasteiger partial charge is 0.497 e. The van der Waals surface area contributed by atoms with E-state index in [1.54, 1.807) is 18.1 Å². The Morgan fingerprint density at radius 3 is 2.69 bits per heavy atom. The topological polar surface area (TPSA) is 65.1 Å². The second-order valence-electron chi connectivity index (χ2n) is 9.45. The molecule has 0 N–H and O–H groups in total. The molecule has 0 bridgehead atoms. The van der Waals surface area contributed by atoms with Gasteiger partial charge in [0.25, 0.3) is 5.91 Å². The molecule has 2 aromatic rings. The minimum Gasteiger partial charge on any atom is -0.497 e. The lowest BCUT2D eigenvalue weighted by molar-refractivity contribution is -0.136. The molecule has 6 nitrogen and oxygen atoms in total. The van der Waals surface area contributed by atoms with E-state index in [0.29, 0.717) is 43.7 Å². The molecule has 0 radical (unpaired) electrons. The summed E-state index contributed by atoms with van der Waals surface area (Å²) in [6.45, 7) is 4.41. The van der Waals surface area contributed by atoms with Gasteiger partial charge in [0, 0.05) is 6.54 Å². The predicted octanol–water partition coefficient (Wildman–Crippen LogP) is 4.75. The number of alkyl halides is 1. The van der Waals surface area contributed by atoms with Gasteiger partial charge in [0.05, 0.1) is 24.6 Å². The molecule has 2 aromatic carbocycles. The van der Waals surface area contributed by atoms with Crippen molar-refractivity contribution in [2.75, 3.05) is 20.3 Å². The van der Waals surface area contributed by atoms with Gasteiger partial charge in [-0.15, -0.1) is 0 Å². The molecule has 0 spiro atoms. The summed E-state index contributed by atoms with van der Waals surface area (Å²) in [5, 5.41) is 0. The molecule has 5 rings (SSSR count). The zero-order valence-corrected chi connectivity index (χ0v) is 20.3. The molecule has 1 saturated carbocycles. The fraction of sp³-hybridized carbons (Fsp3) is 0.379. The molecule has 1 fully saturated rings. The van der Waals surface area contributed by atoms with E-state index in [-0.39, 0.29) is 23.9 Å². The van der Waals surface area contributed by atoms with Crippen molar-refractivity contribution in [3.8, 4) is 11.5 Å². The van der Waals surface area contributed by atoms with Crippen LogP contribution in [0.2, 0.25) is 0 Å². The highest BCUT2D eigenvalue weighted by Crippen LogP contribution is 2.47. The molecular formula is C29H30FNO5. The van der Waals surface area contributed by atoms with Gasteiger partial charge in [-0.05, 0) is 61.1 Å². The molecule has 2 aliphatic heterocycles. The number of ether oxygens (including phenoxy) is 3. The SMILES string of the molecule is C=CCOc1cccc(C2C3=C(OC4CCC(F)CC4C3=O)C(=O)N2CCc2ccc(OC)cc2)c1. The number of hydrogen-bond acceptors (Lipinski definition) is 5. The summed E-state index contributed by atoms with van der Waals surface area (Å²) >= 11 is 0. The quantitative estimate of drug-likeness (QED) is 0.499. The molecule has 4 unspecified atom stereocenters. The van der Waals surface area contributed by atoms with Crippen LogP contribution in [-0.2, 0) is 20.7 Å². The number of methoxy groups -OCH3 is 1. The Bertz CT molecular complexity index is 1190. The van der Waals surface area contributed by atoms with Gasteiger partial charge in [-0.1, -0.05) is 36.9 Å². The molecular weight excluding hydrogens is 461 g/mol. The third-order valence-electron chi connectivity index (χ3n) is 7.22. The van der Waals surface area contributed by atoms with Crippen molar-refractivity contribution in [1.82, 2.24) is 4.90 Å². The first-order valence-corrected chi connectivity index (χ1v) is 12.4. The van der Waals surface area contributed by atoms with Crippen LogP contribution in [0.25, 0.3) is 0 Å². The third kappa shape index (κ3) is 4.50. The van der Waals surface area contributed by atoms with Crippen molar-refractivity contribution in [2.45, 2.75) is 44.0 Å². The van der Waals surface area contributed by atoms with Crippen molar-refractivity contribution in [3.63, 3.8) is 0 Å². The van der Waals surface area contributed by atoms with Crippen LogP contribution in [0.3, 0.4) is 0 Å². The Labute approximate surface area is 210 Å². The maximum atomic E-state index is 14.2. The number of ketones is 1. The van der Waals surface area contributed by atoms with Gasteiger partial charge in [0.15, 0.2) is 11.5 Å². The van der Waals surface area contributed by atoms with Crippen LogP contribution in [-0.4, -0.2) is 49.1 Å².